The smallest absolute Gasteiger partial charge is 0.251 e. The molecule has 0 unspecified atom stereocenters. The molecule has 28 heavy (non-hydrogen) atoms. The Bertz CT molecular complexity index is 828. The van der Waals surface area contributed by atoms with Crippen LogP contribution in [-0.2, 0) is 14.8 Å². The standard InChI is InChI=1S/C19H27N3O5S/c1-27-16-9-6-14(19(24)20-13-18(23)21-15-7-8-15)12-17(16)28(25,26)22-10-4-2-3-5-11-22/h6,9,12,15H,2-5,7-8,10-11,13H2,1H3,(H,20,24)(H,21,23). The zero-order chi connectivity index (χ0) is 20.1. The molecule has 0 spiro atoms. The fourth-order valence-electron chi connectivity index (χ4n) is 3.21. The average molecular weight is 410 g/mol. The first-order valence-corrected chi connectivity index (χ1v) is 11.1. The van der Waals surface area contributed by atoms with Crippen molar-refractivity contribution in [2.45, 2.75) is 49.5 Å². The number of nitrogens with zero attached hydrogens (tertiary/aromatic N) is 1. The van der Waals surface area contributed by atoms with E-state index >= 15 is 0 Å². The number of rotatable bonds is 7. The van der Waals surface area contributed by atoms with E-state index in [1.54, 1.807) is 0 Å². The number of methoxy groups -OCH3 is 1. The maximum absolute atomic E-state index is 13.1. The van der Waals surface area contributed by atoms with Gasteiger partial charge in [-0.1, -0.05) is 12.8 Å². The molecule has 2 N–H and O–H groups in total. The van der Waals surface area contributed by atoms with Crippen LogP contribution in [0.1, 0.15) is 48.9 Å². The predicted octanol–water partition coefficient (Wildman–Crippen LogP) is 1.27. The van der Waals surface area contributed by atoms with Gasteiger partial charge in [0.1, 0.15) is 10.6 Å². The van der Waals surface area contributed by atoms with Crippen molar-refractivity contribution in [2.24, 2.45) is 0 Å². The molecule has 1 aliphatic carbocycles. The van der Waals surface area contributed by atoms with Gasteiger partial charge in [0.25, 0.3) is 5.91 Å². The fraction of sp³-hybridized carbons (Fsp3) is 0.579. The Labute approximate surface area is 165 Å². The van der Waals surface area contributed by atoms with E-state index in [1.807, 2.05) is 0 Å². The number of ether oxygens (including phenoxy) is 1. The number of carbonyl (C=O) groups excluding carboxylic acids is 2. The molecule has 1 saturated heterocycles. The van der Waals surface area contributed by atoms with Crippen LogP contribution in [0.15, 0.2) is 23.1 Å². The summed E-state index contributed by atoms with van der Waals surface area (Å²) in [6, 6.07) is 4.52. The minimum atomic E-state index is -3.77. The van der Waals surface area contributed by atoms with Gasteiger partial charge in [-0.05, 0) is 43.9 Å². The second-order valence-corrected chi connectivity index (χ2v) is 9.11. The molecule has 8 nitrogen and oxygen atoms in total. The highest BCUT2D eigenvalue weighted by molar-refractivity contribution is 7.89. The second kappa shape index (κ2) is 8.91. The van der Waals surface area contributed by atoms with Crippen LogP contribution in [0.25, 0.3) is 0 Å². The SMILES string of the molecule is COc1ccc(C(=O)NCC(=O)NC2CC2)cc1S(=O)(=O)N1CCCCCC1. The minimum Gasteiger partial charge on any atom is -0.495 e. The highest BCUT2D eigenvalue weighted by atomic mass is 32.2. The molecule has 1 aliphatic heterocycles. The molecule has 1 aromatic rings. The lowest BCUT2D eigenvalue weighted by Crippen LogP contribution is -2.38. The average Bonchev–Trinajstić information content (AvgIpc) is 3.52. The number of benzene rings is 1. The van der Waals surface area contributed by atoms with Crippen molar-refractivity contribution in [1.29, 1.82) is 0 Å². The van der Waals surface area contributed by atoms with E-state index in [1.165, 1.54) is 29.6 Å². The summed E-state index contributed by atoms with van der Waals surface area (Å²) >= 11 is 0. The Morgan fingerprint density at radius 1 is 1.14 bits per heavy atom. The highest BCUT2D eigenvalue weighted by Crippen LogP contribution is 2.29. The highest BCUT2D eigenvalue weighted by Gasteiger charge is 2.29. The summed E-state index contributed by atoms with van der Waals surface area (Å²) in [6.45, 7) is 0.780. The predicted molar refractivity (Wildman–Crippen MR) is 104 cm³/mol. The summed E-state index contributed by atoms with van der Waals surface area (Å²) < 4.78 is 33.0. The summed E-state index contributed by atoms with van der Waals surface area (Å²) in [5.74, 6) is -0.546. The van der Waals surface area contributed by atoms with Gasteiger partial charge in [-0.3, -0.25) is 9.59 Å². The number of hydrogen-bond acceptors (Lipinski definition) is 5. The van der Waals surface area contributed by atoms with Crippen LogP contribution >= 0.6 is 0 Å². The van der Waals surface area contributed by atoms with Gasteiger partial charge in [0.2, 0.25) is 15.9 Å². The van der Waals surface area contributed by atoms with Gasteiger partial charge in [0, 0.05) is 24.7 Å². The topological polar surface area (TPSA) is 105 Å². The van der Waals surface area contributed by atoms with Gasteiger partial charge >= 0.3 is 0 Å². The minimum absolute atomic E-state index is 0.0213. The molecule has 9 heteroatoms. The Hall–Kier alpha value is -2.13. The van der Waals surface area contributed by atoms with E-state index < -0.39 is 15.9 Å². The molecule has 0 aromatic heterocycles. The van der Waals surface area contributed by atoms with Crippen LogP contribution in [0.4, 0.5) is 0 Å². The van der Waals surface area contributed by atoms with Gasteiger partial charge in [0.15, 0.2) is 0 Å². The Morgan fingerprint density at radius 2 is 1.82 bits per heavy atom. The quantitative estimate of drug-likeness (QED) is 0.706. The summed E-state index contributed by atoms with van der Waals surface area (Å²) in [4.78, 5) is 24.1. The van der Waals surface area contributed by atoms with E-state index in [0.717, 1.165) is 38.5 Å². The first kappa shape index (κ1) is 20.6. The molecule has 154 valence electrons. The molecular weight excluding hydrogens is 382 g/mol. The summed E-state index contributed by atoms with van der Waals surface area (Å²) in [6.07, 6.45) is 5.59. The number of nitrogens with one attached hydrogen (secondary N) is 2. The monoisotopic (exact) mass is 409 g/mol. The molecule has 1 saturated carbocycles. The molecular formula is C19H27N3O5S. The van der Waals surface area contributed by atoms with E-state index in [4.69, 9.17) is 4.74 Å². The lowest BCUT2D eigenvalue weighted by Gasteiger charge is -2.21. The molecule has 3 rings (SSSR count). The van der Waals surface area contributed by atoms with Crippen molar-refractivity contribution < 1.29 is 22.7 Å². The molecule has 0 bridgehead atoms. The van der Waals surface area contributed by atoms with Crippen molar-refractivity contribution in [3.63, 3.8) is 0 Å². The second-order valence-electron chi connectivity index (χ2n) is 7.21. The lowest BCUT2D eigenvalue weighted by atomic mass is 10.2. The van der Waals surface area contributed by atoms with Crippen LogP contribution in [0.2, 0.25) is 0 Å². The van der Waals surface area contributed by atoms with E-state index in [0.29, 0.717) is 13.1 Å². The van der Waals surface area contributed by atoms with Crippen LogP contribution in [0, 0.1) is 0 Å². The zero-order valence-electron chi connectivity index (χ0n) is 16.1. The molecule has 2 fully saturated rings. The zero-order valence-corrected chi connectivity index (χ0v) is 16.9. The van der Waals surface area contributed by atoms with E-state index in [2.05, 4.69) is 10.6 Å². The van der Waals surface area contributed by atoms with E-state index in [9.17, 15) is 18.0 Å². The van der Waals surface area contributed by atoms with Crippen molar-refractivity contribution in [2.75, 3.05) is 26.7 Å². The van der Waals surface area contributed by atoms with Crippen molar-refractivity contribution in [3.05, 3.63) is 23.8 Å². The fourth-order valence-corrected chi connectivity index (χ4v) is 4.91. The molecule has 1 aromatic carbocycles. The van der Waals surface area contributed by atoms with Gasteiger partial charge in [-0.2, -0.15) is 4.31 Å². The summed E-state index contributed by atoms with van der Waals surface area (Å²) in [7, 11) is -2.37. The molecule has 2 aliphatic rings. The van der Waals surface area contributed by atoms with Gasteiger partial charge < -0.3 is 15.4 Å². The van der Waals surface area contributed by atoms with Crippen molar-refractivity contribution >= 4 is 21.8 Å². The van der Waals surface area contributed by atoms with Crippen LogP contribution in [0.3, 0.4) is 0 Å². The third-order valence-corrected chi connectivity index (χ3v) is 6.88. The molecule has 1 heterocycles. The van der Waals surface area contributed by atoms with Crippen molar-refractivity contribution in [1.82, 2.24) is 14.9 Å². The Balaban J connectivity index is 1.76. The number of amides is 2. The third-order valence-electron chi connectivity index (χ3n) is 4.96. The largest absolute Gasteiger partial charge is 0.495 e. The Kier molecular flexibility index (Phi) is 6.56. The van der Waals surface area contributed by atoms with E-state index in [-0.39, 0.29) is 34.7 Å². The lowest BCUT2D eigenvalue weighted by molar-refractivity contribution is -0.120. The Morgan fingerprint density at radius 3 is 2.43 bits per heavy atom. The molecule has 0 atom stereocenters. The first-order valence-electron chi connectivity index (χ1n) is 9.67. The summed E-state index contributed by atoms with van der Waals surface area (Å²) in [5.41, 5.74) is 0.174. The maximum Gasteiger partial charge on any atom is 0.251 e. The maximum atomic E-state index is 13.1. The number of carbonyl (C=O) groups is 2. The number of hydrogen-bond donors (Lipinski definition) is 2. The third kappa shape index (κ3) is 5.02. The first-order chi connectivity index (χ1) is 13.4. The normalized spacial score (nSPS) is 18.2. The van der Waals surface area contributed by atoms with Gasteiger partial charge in [-0.25, -0.2) is 8.42 Å². The molecule has 0 radical (unpaired) electrons. The van der Waals surface area contributed by atoms with Crippen LogP contribution in [-0.4, -0.2) is 57.3 Å². The van der Waals surface area contributed by atoms with Gasteiger partial charge in [-0.15, -0.1) is 0 Å². The van der Waals surface area contributed by atoms with Gasteiger partial charge in [0.05, 0.1) is 13.7 Å². The summed E-state index contributed by atoms with van der Waals surface area (Å²) in [5, 5.41) is 5.32. The van der Waals surface area contributed by atoms with Crippen LogP contribution < -0.4 is 15.4 Å². The van der Waals surface area contributed by atoms with Crippen molar-refractivity contribution in [3.8, 4) is 5.75 Å². The number of sulfonamides is 1. The molecule has 2 amide bonds. The van der Waals surface area contributed by atoms with Crippen LogP contribution in [0.5, 0.6) is 5.75 Å².